The lowest BCUT2D eigenvalue weighted by atomic mass is 10.2. The second-order valence-electron chi connectivity index (χ2n) is 5.07. The highest BCUT2D eigenvalue weighted by Crippen LogP contribution is 2.31. The minimum Gasteiger partial charge on any atom is -0.368 e. The van der Waals surface area contributed by atoms with Crippen LogP contribution in [-0.4, -0.2) is 55.8 Å². The first kappa shape index (κ1) is 17.5. The third-order valence-corrected chi connectivity index (χ3v) is 6.60. The fraction of sp³-hybridized carbons (Fsp3) is 0.462. The van der Waals surface area contributed by atoms with E-state index in [0.29, 0.717) is 13.1 Å². The normalized spacial score (nSPS) is 19.0. The maximum absolute atomic E-state index is 12.7. The minimum absolute atomic E-state index is 0.0743. The van der Waals surface area contributed by atoms with Gasteiger partial charge in [-0.05, 0) is 19.1 Å². The van der Waals surface area contributed by atoms with Crippen LogP contribution in [0.1, 0.15) is 6.92 Å². The number of piperazine rings is 1. The van der Waals surface area contributed by atoms with Crippen LogP contribution >= 0.6 is 23.2 Å². The van der Waals surface area contributed by atoms with E-state index in [9.17, 15) is 13.2 Å². The molecule has 0 saturated carbocycles. The van der Waals surface area contributed by atoms with Crippen LogP contribution < -0.4 is 5.73 Å². The number of hydrogen-bond donors (Lipinski definition) is 1. The molecule has 2 N–H and O–H groups in total. The molecule has 1 aliphatic heterocycles. The molecule has 122 valence electrons. The Balaban J connectivity index is 2.19. The van der Waals surface area contributed by atoms with Gasteiger partial charge in [0.1, 0.15) is 4.90 Å². The molecule has 1 atom stereocenters. The Morgan fingerprint density at radius 2 is 1.68 bits per heavy atom. The summed E-state index contributed by atoms with van der Waals surface area (Å²) in [4.78, 5) is 13.0. The van der Waals surface area contributed by atoms with E-state index in [0.717, 1.165) is 0 Å². The molecule has 0 unspecified atom stereocenters. The predicted molar refractivity (Wildman–Crippen MR) is 85.5 cm³/mol. The van der Waals surface area contributed by atoms with Gasteiger partial charge in [-0.1, -0.05) is 29.3 Å². The van der Waals surface area contributed by atoms with Crippen LogP contribution in [-0.2, 0) is 14.8 Å². The van der Waals surface area contributed by atoms with Crippen molar-refractivity contribution in [1.82, 2.24) is 9.21 Å². The number of carbonyl (C=O) groups is 1. The van der Waals surface area contributed by atoms with E-state index in [4.69, 9.17) is 28.9 Å². The first-order valence-corrected chi connectivity index (χ1v) is 8.92. The van der Waals surface area contributed by atoms with Gasteiger partial charge in [-0.3, -0.25) is 9.69 Å². The van der Waals surface area contributed by atoms with E-state index in [1.165, 1.54) is 16.4 Å². The molecule has 0 aliphatic carbocycles. The summed E-state index contributed by atoms with van der Waals surface area (Å²) < 4.78 is 26.7. The van der Waals surface area contributed by atoms with Crippen molar-refractivity contribution in [3.05, 3.63) is 28.2 Å². The molecule has 0 bridgehead atoms. The molecule has 1 aromatic rings. The number of rotatable bonds is 4. The van der Waals surface area contributed by atoms with Crippen molar-refractivity contribution >= 4 is 39.1 Å². The van der Waals surface area contributed by atoms with Gasteiger partial charge in [0.25, 0.3) is 0 Å². The second-order valence-corrected chi connectivity index (χ2v) is 7.76. The zero-order valence-corrected chi connectivity index (χ0v) is 14.3. The van der Waals surface area contributed by atoms with Crippen molar-refractivity contribution < 1.29 is 13.2 Å². The summed E-state index contributed by atoms with van der Waals surface area (Å²) in [5.41, 5.74) is 5.27. The van der Waals surface area contributed by atoms with Crippen molar-refractivity contribution in [2.24, 2.45) is 5.73 Å². The molecule has 6 nitrogen and oxygen atoms in total. The summed E-state index contributed by atoms with van der Waals surface area (Å²) in [7, 11) is -3.77. The lowest BCUT2D eigenvalue weighted by molar-refractivity contribution is -0.123. The molecule has 1 saturated heterocycles. The van der Waals surface area contributed by atoms with Crippen LogP contribution in [0.25, 0.3) is 0 Å². The highest BCUT2D eigenvalue weighted by atomic mass is 35.5. The molecule has 0 radical (unpaired) electrons. The second kappa shape index (κ2) is 6.72. The average molecular weight is 366 g/mol. The molecule has 1 amide bonds. The van der Waals surface area contributed by atoms with Crippen LogP contribution in [0.4, 0.5) is 0 Å². The van der Waals surface area contributed by atoms with Gasteiger partial charge in [0.15, 0.2) is 0 Å². The number of sulfonamides is 1. The van der Waals surface area contributed by atoms with Gasteiger partial charge in [0.2, 0.25) is 15.9 Å². The topological polar surface area (TPSA) is 83.7 Å². The molecular formula is C13H17Cl2N3O3S. The lowest BCUT2D eigenvalue weighted by Crippen LogP contribution is -2.54. The summed E-state index contributed by atoms with van der Waals surface area (Å²) in [6, 6.07) is 4.15. The van der Waals surface area contributed by atoms with Crippen LogP contribution in [0.3, 0.4) is 0 Å². The molecule has 0 spiro atoms. The standard InChI is InChI=1S/C13H17Cl2N3O3S/c1-9(13(16)19)17-5-7-18(8-6-17)22(20,21)12-10(14)3-2-4-11(12)15/h2-4,9H,5-8H2,1H3,(H2,16,19)/t9-/m1/s1. The number of primary amides is 1. The summed E-state index contributed by atoms with van der Waals surface area (Å²) in [6.45, 7) is 3.05. The number of carbonyl (C=O) groups excluding carboxylic acids is 1. The molecule has 1 aromatic carbocycles. The molecule has 1 aliphatic rings. The highest BCUT2D eigenvalue weighted by Gasteiger charge is 2.33. The maximum atomic E-state index is 12.7. The zero-order valence-electron chi connectivity index (χ0n) is 12.0. The molecule has 1 heterocycles. The fourth-order valence-electron chi connectivity index (χ4n) is 2.37. The summed E-state index contributed by atoms with van der Waals surface area (Å²) in [6.07, 6.45) is 0. The van der Waals surface area contributed by atoms with Crippen molar-refractivity contribution in [3.8, 4) is 0 Å². The number of benzene rings is 1. The smallest absolute Gasteiger partial charge is 0.246 e. The van der Waals surface area contributed by atoms with Gasteiger partial charge in [-0.15, -0.1) is 0 Å². The maximum Gasteiger partial charge on any atom is 0.246 e. The summed E-state index contributed by atoms with van der Waals surface area (Å²) in [5.74, 6) is -0.426. The summed E-state index contributed by atoms with van der Waals surface area (Å²) in [5, 5.41) is 0.195. The van der Waals surface area contributed by atoms with Gasteiger partial charge in [-0.2, -0.15) is 4.31 Å². The Kier molecular flexibility index (Phi) is 5.34. The summed E-state index contributed by atoms with van der Waals surface area (Å²) >= 11 is 12.0. The van der Waals surface area contributed by atoms with Gasteiger partial charge < -0.3 is 5.73 Å². The Labute approximate surface area is 139 Å². The monoisotopic (exact) mass is 365 g/mol. The number of nitrogens with zero attached hydrogens (tertiary/aromatic N) is 2. The van der Waals surface area contributed by atoms with Crippen molar-refractivity contribution in [2.45, 2.75) is 17.9 Å². The molecule has 9 heteroatoms. The third-order valence-electron chi connectivity index (χ3n) is 3.75. The molecule has 2 rings (SSSR count). The number of halogens is 2. The third kappa shape index (κ3) is 3.38. The number of amides is 1. The number of nitrogens with two attached hydrogens (primary N) is 1. The SMILES string of the molecule is C[C@H](C(N)=O)N1CCN(S(=O)(=O)c2c(Cl)cccc2Cl)CC1. The predicted octanol–water partition coefficient (Wildman–Crippen LogP) is 1.17. The lowest BCUT2D eigenvalue weighted by Gasteiger charge is -2.36. The van der Waals surface area contributed by atoms with E-state index < -0.39 is 22.0 Å². The van der Waals surface area contributed by atoms with Crippen LogP contribution in [0.2, 0.25) is 10.0 Å². The Morgan fingerprint density at radius 3 is 2.14 bits per heavy atom. The Hall–Kier alpha value is -0.860. The van der Waals surface area contributed by atoms with Gasteiger partial charge >= 0.3 is 0 Å². The van der Waals surface area contributed by atoms with E-state index in [-0.39, 0.29) is 28.0 Å². The zero-order chi connectivity index (χ0) is 16.5. The van der Waals surface area contributed by atoms with Crippen LogP contribution in [0.5, 0.6) is 0 Å². The highest BCUT2D eigenvalue weighted by molar-refractivity contribution is 7.89. The van der Waals surface area contributed by atoms with E-state index in [1.807, 2.05) is 4.90 Å². The Morgan fingerprint density at radius 1 is 1.18 bits per heavy atom. The van der Waals surface area contributed by atoms with E-state index in [1.54, 1.807) is 13.0 Å². The molecular weight excluding hydrogens is 349 g/mol. The minimum atomic E-state index is -3.77. The largest absolute Gasteiger partial charge is 0.368 e. The average Bonchev–Trinajstić information content (AvgIpc) is 2.46. The van der Waals surface area contributed by atoms with Crippen LogP contribution in [0, 0.1) is 0 Å². The molecule has 0 aromatic heterocycles. The van der Waals surface area contributed by atoms with Gasteiger partial charge in [0, 0.05) is 26.2 Å². The Bertz CT molecular complexity index is 653. The van der Waals surface area contributed by atoms with E-state index >= 15 is 0 Å². The molecule has 1 fully saturated rings. The number of hydrogen-bond acceptors (Lipinski definition) is 4. The van der Waals surface area contributed by atoms with Crippen molar-refractivity contribution in [2.75, 3.05) is 26.2 Å². The van der Waals surface area contributed by atoms with Gasteiger partial charge in [-0.25, -0.2) is 8.42 Å². The van der Waals surface area contributed by atoms with Gasteiger partial charge in [0.05, 0.1) is 16.1 Å². The van der Waals surface area contributed by atoms with E-state index in [2.05, 4.69) is 0 Å². The first-order valence-electron chi connectivity index (χ1n) is 6.72. The quantitative estimate of drug-likeness (QED) is 0.867. The fourth-order valence-corrected chi connectivity index (χ4v) is 4.88. The van der Waals surface area contributed by atoms with Crippen molar-refractivity contribution in [3.63, 3.8) is 0 Å². The first-order chi connectivity index (χ1) is 10.2. The van der Waals surface area contributed by atoms with Crippen molar-refractivity contribution in [1.29, 1.82) is 0 Å². The van der Waals surface area contributed by atoms with Crippen LogP contribution in [0.15, 0.2) is 23.1 Å². The molecule has 22 heavy (non-hydrogen) atoms.